The molecule has 1 amide bonds. The van der Waals surface area contributed by atoms with Crippen LogP contribution in [-0.4, -0.2) is 41.0 Å². The number of carbonyl (C=O) groups is 2. The fourth-order valence-corrected chi connectivity index (χ4v) is 3.75. The van der Waals surface area contributed by atoms with Gasteiger partial charge in [-0.15, -0.1) is 5.10 Å². The van der Waals surface area contributed by atoms with E-state index in [0.29, 0.717) is 36.0 Å². The zero-order valence-electron chi connectivity index (χ0n) is 20.1. The number of carbonyl (C=O) groups excluding carboxylic acids is 2. The molecule has 3 aromatic rings. The molecule has 1 fully saturated rings. The van der Waals surface area contributed by atoms with Gasteiger partial charge in [0.2, 0.25) is 5.91 Å². The minimum Gasteiger partial charge on any atom is -0.361 e. The predicted octanol–water partition coefficient (Wildman–Crippen LogP) is 4.51. The molecular formula is C25H24F4N6O2. The van der Waals surface area contributed by atoms with Gasteiger partial charge in [0.25, 0.3) is 0 Å². The van der Waals surface area contributed by atoms with E-state index in [-0.39, 0.29) is 36.0 Å². The number of halogens is 4. The number of hydrogen-bond acceptors (Lipinski definition) is 7. The van der Waals surface area contributed by atoms with Crippen molar-refractivity contribution in [2.75, 3.05) is 24.3 Å². The molecule has 37 heavy (non-hydrogen) atoms. The zero-order chi connectivity index (χ0) is 26.8. The molecule has 4 rings (SSSR count). The molecule has 12 heteroatoms. The number of pyridine rings is 1. The maximum Gasteiger partial charge on any atom is 0.418 e. The minimum atomic E-state index is -4.73. The molecule has 2 N–H and O–H groups in total. The number of alkyl halides is 3. The summed E-state index contributed by atoms with van der Waals surface area (Å²) in [4.78, 5) is 31.5. The molecule has 8 nitrogen and oxygen atoms in total. The van der Waals surface area contributed by atoms with E-state index < -0.39 is 23.0 Å². The average molecular weight is 516 g/mol. The van der Waals surface area contributed by atoms with Crippen LogP contribution >= 0.6 is 0 Å². The van der Waals surface area contributed by atoms with Gasteiger partial charge < -0.3 is 15.5 Å². The van der Waals surface area contributed by atoms with E-state index in [1.54, 1.807) is 31.1 Å². The van der Waals surface area contributed by atoms with Crippen molar-refractivity contribution in [2.24, 2.45) is 5.41 Å². The highest BCUT2D eigenvalue weighted by molar-refractivity contribution is 6.00. The van der Waals surface area contributed by atoms with E-state index in [1.165, 1.54) is 18.5 Å². The maximum atomic E-state index is 13.3. The first-order chi connectivity index (χ1) is 17.5. The molecule has 0 saturated heterocycles. The first-order valence-electron chi connectivity index (χ1n) is 11.4. The summed E-state index contributed by atoms with van der Waals surface area (Å²) in [6, 6.07) is 7.05. The van der Waals surface area contributed by atoms with E-state index >= 15 is 0 Å². The molecular weight excluding hydrogens is 492 g/mol. The highest BCUT2D eigenvalue weighted by atomic mass is 19.4. The van der Waals surface area contributed by atoms with Crippen LogP contribution in [0, 0.1) is 11.2 Å². The van der Waals surface area contributed by atoms with Crippen molar-refractivity contribution >= 4 is 28.9 Å². The van der Waals surface area contributed by atoms with Gasteiger partial charge in [-0.1, -0.05) is 0 Å². The number of nitrogens with one attached hydrogen (secondary N) is 2. The van der Waals surface area contributed by atoms with E-state index in [4.69, 9.17) is 0 Å². The first-order valence-corrected chi connectivity index (χ1v) is 11.4. The fourth-order valence-electron chi connectivity index (χ4n) is 3.75. The third kappa shape index (κ3) is 6.19. The Morgan fingerprint density at radius 2 is 1.84 bits per heavy atom. The standard InChI is InChI=1S/C25H24F4N6O2/c1-35(2)22-9-15(12-32-34-22)21(36)11-24(7-8-24)23(37)31-13-17-4-5-18(14-30-17)33-20-6-3-16(26)10-19(20)25(27,28)29/h3-6,9-10,12,14,33H,7-8,11,13H2,1-2H3,(H,31,37). The van der Waals surface area contributed by atoms with E-state index in [1.807, 2.05) is 0 Å². The van der Waals surface area contributed by atoms with Crippen molar-refractivity contribution in [1.82, 2.24) is 20.5 Å². The van der Waals surface area contributed by atoms with Crippen LogP contribution in [0.25, 0.3) is 0 Å². The van der Waals surface area contributed by atoms with E-state index in [2.05, 4.69) is 25.8 Å². The smallest absolute Gasteiger partial charge is 0.361 e. The summed E-state index contributed by atoms with van der Waals surface area (Å²) in [6.45, 7) is 0.0843. The van der Waals surface area contributed by atoms with Gasteiger partial charge in [0.1, 0.15) is 5.82 Å². The van der Waals surface area contributed by atoms with Crippen LogP contribution in [0.3, 0.4) is 0 Å². The molecule has 1 aromatic carbocycles. The summed E-state index contributed by atoms with van der Waals surface area (Å²) in [5.74, 6) is -0.912. The van der Waals surface area contributed by atoms with Crippen molar-refractivity contribution in [2.45, 2.75) is 32.0 Å². The average Bonchev–Trinajstić information content (AvgIpc) is 3.64. The van der Waals surface area contributed by atoms with Crippen LogP contribution in [0.5, 0.6) is 0 Å². The van der Waals surface area contributed by atoms with Crippen molar-refractivity contribution in [3.63, 3.8) is 0 Å². The molecule has 0 radical (unpaired) electrons. The summed E-state index contributed by atoms with van der Waals surface area (Å²) in [5.41, 5.74) is -1.09. The SMILES string of the molecule is CN(C)c1cc(C(=O)CC2(C(=O)NCc3ccc(Nc4ccc(F)cc4C(F)(F)F)cn3)CC2)cnn1. The molecule has 1 saturated carbocycles. The fraction of sp³-hybridized carbons (Fsp3) is 0.320. The minimum absolute atomic E-state index is 0.0485. The second-order valence-electron chi connectivity index (χ2n) is 9.11. The van der Waals surface area contributed by atoms with Crippen LogP contribution in [0.15, 0.2) is 48.8 Å². The van der Waals surface area contributed by atoms with Crippen LogP contribution in [-0.2, 0) is 17.5 Å². The third-order valence-corrected chi connectivity index (χ3v) is 6.08. The van der Waals surface area contributed by atoms with Crippen molar-refractivity contribution in [3.05, 3.63) is 71.4 Å². The molecule has 2 heterocycles. The molecule has 0 atom stereocenters. The van der Waals surface area contributed by atoms with Crippen LogP contribution < -0.4 is 15.5 Å². The first kappa shape index (κ1) is 26.0. The lowest BCUT2D eigenvalue weighted by atomic mass is 9.95. The lowest BCUT2D eigenvalue weighted by Gasteiger charge is -2.16. The van der Waals surface area contributed by atoms with Crippen molar-refractivity contribution in [1.29, 1.82) is 0 Å². The number of Topliss-reactive ketones (excluding diaryl/α,β-unsaturated/α-hetero) is 1. The molecule has 194 valence electrons. The van der Waals surface area contributed by atoms with Crippen molar-refractivity contribution < 1.29 is 27.2 Å². The van der Waals surface area contributed by atoms with Gasteiger partial charge in [0, 0.05) is 26.1 Å². The van der Waals surface area contributed by atoms with E-state index in [9.17, 15) is 27.2 Å². The number of benzene rings is 1. The zero-order valence-corrected chi connectivity index (χ0v) is 20.1. The maximum absolute atomic E-state index is 13.3. The highest BCUT2D eigenvalue weighted by Gasteiger charge is 2.51. The van der Waals surface area contributed by atoms with Gasteiger partial charge >= 0.3 is 6.18 Å². The molecule has 0 aliphatic heterocycles. The van der Waals surface area contributed by atoms with Gasteiger partial charge in [0.15, 0.2) is 11.6 Å². The third-order valence-electron chi connectivity index (χ3n) is 6.08. The Morgan fingerprint density at radius 1 is 1.08 bits per heavy atom. The van der Waals surface area contributed by atoms with Gasteiger partial charge in [-0.05, 0) is 49.2 Å². The lowest BCUT2D eigenvalue weighted by Crippen LogP contribution is -2.33. The summed E-state index contributed by atoms with van der Waals surface area (Å²) >= 11 is 0. The summed E-state index contributed by atoms with van der Waals surface area (Å²) < 4.78 is 52.9. The van der Waals surface area contributed by atoms with E-state index in [0.717, 1.165) is 12.1 Å². The number of ketones is 1. The Labute approximate surface area is 210 Å². The van der Waals surface area contributed by atoms with Crippen LogP contribution in [0.1, 0.15) is 40.9 Å². The summed E-state index contributed by atoms with van der Waals surface area (Å²) in [5, 5.41) is 13.2. The second-order valence-corrected chi connectivity index (χ2v) is 9.11. The highest BCUT2D eigenvalue weighted by Crippen LogP contribution is 2.49. The Morgan fingerprint density at radius 3 is 2.46 bits per heavy atom. The van der Waals surface area contributed by atoms with Crippen LogP contribution in [0.2, 0.25) is 0 Å². The lowest BCUT2D eigenvalue weighted by molar-refractivity contribution is -0.137. The quantitative estimate of drug-likeness (QED) is 0.319. The Kier molecular flexibility index (Phi) is 7.10. The molecule has 1 aliphatic rings. The van der Waals surface area contributed by atoms with Gasteiger partial charge in [-0.2, -0.15) is 18.3 Å². The second kappa shape index (κ2) is 10.1. The number of hydrogen-bond donors (Lipinski definition) is 2. The van der Waals surface area contributed by atoms with Gasteiger partial charge in [0.05, 0.1) is 47.0 Å². The summed E-state index contributed by atoms with van der Waals surface area (Å²) in [7, 11) is 3.57. The predicted molar refractivity (Wildman–Crippen MR) is 128 cm³/mol. The topological polar surface area (TPSA) is 100 Å². The Hall–Kier alpha value is -4.09. The number of rotatable bonds is 9. The molecule has 0 bridgehead atoms. The normalized spacial score (nSPS) is 14.1. The summed E-state index contributed by atoms with van der Waals surface area (Å²) in [6.07, 6.45) is -0.817. The monoisotopic (exact) mass is 516 g/mol. The largest absolute Gasteiger partial charge is 0.418 e. The molecule has 0 spiro atoms. The number of aromatic nitrogens is 3. The molecule has 0 unspecified atom stereocenters. The Bertz CT molecular complexity index is 1310. The number of nitrogens with zero attached hydrogens (tertiary/aromatic N) is 4. The number of anilines is 3. The van der Waals surface area contributed by atoms with Gasteiger partial charge in [-0.25, -0.2) is 4.39 Å². The number of amides is 1. The Balaban J connectivity index is 1.35. The van der Waals surface area contributed by atoms with Gasteiger partial charge in [-0.3, -0.25) is 14.6 Å². The van der Waals surface area contributed by atoms with Crippen LogP contribution in [0.4, 0.5) is 34.8 Å². The van der Waals surface area contributed by atoms with Crippen molar-refractivity contribution in [3.8, 4) is 0 Å². The molecule has 1 aliphatic carbocycles. The molecule has 2 aromatic heterocycles.